The first-order valence-electron chi connectivity index (χ1n) is 7.87. The minimum Gasteiger partial charge on any atom is -0.245 e. The Balaban J connectivity index is 1.84. The summed E-state index contributed by atoms with van der Waals surface area (Å²) in [6.45, 7) is 7.76. The van der Waals surface area contributed by atoms with Crippen LogP contribution in [0.2, 0.25) is 5.15 Å². The summed E-state index contributed by atoms with van der Waals surface area (Å²) < 4.78 is 1.70. The predicted octanol–water partition coefficient (Wildman–Crippen LogP) is 4.00. The van der Waals surface area contributed by atoms with Crippen LogP contribution in [0.3, 0.4) is 0 Å². The second kappa shape index (κ2) is 7.03. The number of hydrazone groups is 1. The zero-order valence-electron chi connectivity index (χ0n) is 14.6. The number of benzene rings is 1. The lowest BCUT2D eigenvalue weighted by molar-refractivity contribution is 0.863. The molecule has 0 amide bonds. The highest BCUT2D eigenvalue weighted by Gasteiger charge is 2.13. The Morgan fingerprint density at radius 2 is 1.68 bits per heavy atom. The lowest BCUT2D eigenvalue weighted by atomic mass is 10.2. The van der Waals surface area contributed by atoms with Crippen LogP contribution in [0.1, 0.15) is 28.2 Å². The van der Waals surface area contributed by atoms with Crippen LogP contribution in [-0.4, -0.2) is 26.0 Å². The van der Waals surface area contributed by atoms with Gasteiger partial charge in [-0.15, -0.1) is 0 Å². The van der Waals surface area contributed by atoms with Crippen molar-refractivity contribution in [3.63, 3.8) is 0 Å². The number of aryl methyl sites for hydroxylation is 4. The Hall–Kier alpha value is -2.73. The first-order chi connectivity index (χ1) is 11.9. The van der Waals surface area contributed by atoms with E-state index in [9.17, 15) is 0 Å². The lowest BCUT2D eigenvalue weighted by Gasteiger charge is -2.03. The van der Waals surface area contributed by atoms with Gasteiger partial charge in [0.1, 0.15) is 5.15 Å². The van der Waals surface area contributed by atoms with E-state index in [1.165, 1.54) is 5.56 Å². The van der Waals surface area contributed by atoms with Gasteiger partial charge < -0.3 is 0 Å². The summed E-state index contributed by atoms with van der Waals surface area (Å²) in [6, 6.07) is 9.92. The molecular formula is C18H19ClN6. The zero-order valence-corrected chi connectivity index (χ0v) is 15.3. The molecule has 0 saturated heterocycles. The summed E-state index contributed by atoms with van der Waals surface area (Å²) in [5.74, 6) is 0.452. The van der Waals surface area contributed by atoms with Crippen LogP contribution in [-0.2, 0) is 0 Å². The molecule has 128 valence electrons. The van der Waals surface area contributed by atoms with Crippen molar-refractivity contribution in [1.82, 2.24) is 19.7 Å². The predicted molar refractivity (Wildman–Crippen MR) is 101 cm³/mol. The van der Waals surface area contributed by atoms with Gasteiger partial charge >= 0.3 is 0 Å². The molecule has 1 N–H and O–H groups in total. The third-order valence-corrected chi connectivity index (χ3v) is 4.03. The molecule has 0 atom stereocenters. The fraction of sp³-hybridized carbons (Fsp3) is 0.222. The van der Waals surface area contributed by atoms with Crippen molar-refractivity contribution in [2.75, 3.05) is 5.43 Å². The van der Waals surface area contributed by atoms with Crippen LogP contribution in [0.25, 0.3) is 5.69 Å². The van der Waals surface area contributed by atoms with Crippen LogP contribution in [0.5, 0.6) is 0 Å². The van der Waals surface area contributed by atoms with Crippen LogP contribution >= 0.6 is 11.6 Å². The fourth-order valence-electron chi connectivity index (χ4n) is 2.45. The standard InChI is InChI=1S/C18H19ClN6/c1-11-5-7-15(8-6-11)25-17(19)16(14(4)24-25)10-20-23-18-21-12(2)9-13(3)22-18/h5-10H,1-4H3,(H,21,22,23)/b20-10+. The van der Waals surface area contributed by atoms with Crippen LogP contribution in [0.4, 0.5) is 5.95 Å². The number of hydrogen-bond acceptors (Lipinski definition) is 5. The first kappa shape index (κ1) is 17.1. The molecule has 0 aliphatic rings. The van der Waals surface area contributed by atoms with Gasteiger partial charge in [-0.2, -0.15) is 10.2 Å². The van der Waals surface area contributed by atoms with Crippen LogP contribution in [0, 0.1) is 27.7 Å². The summed E-state index contributed by atoms with van der Waals surface area (Å²) in [5.41, 5.74) is 8.23. The van der Waals surface area contributed by atoms with Gasteiger partial charge in [0.2, 0.25) is 5.95 Å². The molecule has 0 aliphatic heterocycles. The highest BCUT2D eigenvalue weighted by atomic mass is 35.5. The number of anilines is 1. The van der Waals surface area contributed by atoms with E-state index in [0.717, 1.165) is 28.3 Å². The molecule has 2 heterocycles. The van der Waals surface area contributed by atoms with Crippen molar-refractivity contribution in [1.29, 1.82) is 0 Å². The Morgan fingerprint density at radius 3 is 2.32 bits per heavy atom. The normalized spacial score (nSPS) is 11.2. The van der Waals surface area contributed by atoms with Crippen molar-refractivity contribution in [3.05, 3.63) is 63.7 Å². The minimum absolute atomic E-state index is 0.452. The molecule has 0 radical (unpaired) electrons. The van der Waals surface area contributed by atoms with Gasteiger partial charge in [-0.3, -0.25) is 0 Å². The van der Waals surface area contributed by atoms with Crippen molar-refractivity contribution < 1.29 is 0 Å². The van der Waals surface area contributed by atoms with Gasteiger partial charge in [-0.1, -0.05) is 29.3 Å². The first-order valence-corrected chi connectivity index (χ1v) is 8.25. The van der Waals surface area contributed by atoms with Gasteiger partial charge in [-0.25, -0.2) is 20.1 Å². The molecule has 0 aliphatic carbocycles. The Labute approximate surface area is 151 Å². The van der Waals surface area contributed by atoms with Gasteiger partial charge in [0.15, 0.2) is 0 Å². The highest BCUT2D eigenvalue weighted by molar-refractivity contribution is 6.32. The fourth-order valence-corrected chi connectivity index (χ4v) is 2.77. The molecule has 0 bridgehead atoms. The van der Waals surface area contributed by atoms with Gasteiger partial charge in [0.05, 0.1) is 23.2 Å². The molecule has 1 aromatic carbocycles. The molecule has 2 aromatic heterocycles. The Bertz CT molecular complexity index is 907. The van der Waals surface area contributed by atoms with Crippen LogP contribution in [0.15, 0.2) is 35.4 Å². The molecular weight excluding hydrogens is 336 g/mol. The summed E-state index contributed by atoms with van der Waals surface area (Å²) in [7, 11) is 0. The Morgan fingerprint density at radius 1 is 1.04 bits per heavy atom. The third-order valence-electron chi connectivity index (χ3n) is 3.67. The molecule has 25 heavy (non-hydrogen) atoms. The number of rotatable bonds is 4. The number of halogens is 1. The van der Waals surface area contributed by atoms with E-state index in [0.29, 0.717) is 11.1 Å². The van der Waals surface area contributed by atoms with Crippen molar-refractivity contribution >= 4 is 23.8 Å². The quantitative estimate of drug-likeness (QED) is 0.568. The molecule has 6 nitrogen and oxygen atoms in total. The third kappa shape index (κ3) is 3.85. The largest absolute Gasteiger partial charge is 0.245 e. The minimum atomic E-state index is 0.452. The van der Waals surface area contributed by atoms with E-state index < -0.39 is 0 Å². The van der Waals surface area contributed by atoms with Crippen LogP contribution < -0.4 is 5.43 Å². The van der Waals surface area contributed by atoms with Gasteiger partial charge in [-0.05, 0) is 45.9 Å². The zero-order chi connectivity index (χ0) is 18.0. The summed E-state index contributed by atoms with van der Waals surface area (Å²) in [5, 5.41) is 9.21. The molecule has 0 saturated carbocycles. The second-order valence-electron chi connectivity index (χ2n) is 5.88. The molecule has 0 unspecified atom stereocenters. The maximum atomic E-state index is 6.49. The number of nitrogens with one attached hydrogen (secondary N) is 1. The number of nitrogens with zero attached hydrogens (tertiary/aromatic N) is 5. The van der Waals surface area contributed by atoms with E-state index >= 15 is 0 Å². The van der Waals surface area contributed by atoms with E-state index in [2.05, 4.69) is 25.6 Å². The van der Waals surface area contributed by atoms with E-state index in [1.807, 2.05) is 58.0 Å². The Kier molecular flexibility index (Phi) is 4.81. The smallest absolute Gasteiger partial charge is 0.243 e. The average molecular weight is 355 g/mol. The molecule has 3 aromatic rings. The monoisotopic (exact) mass is 354 g/mol. The van der Waals surface area contributed by atoms with Crippen molar-refractivity contribution in [2.45, 2.75) is 27.7 Å². The number of aromatic nitrogens is 4. The molecule has 0 spiro atoms. The van der Waals surface area contributed by atoms with E-state index in [-0.39, 0.29) is 0 Å². The second-order valence-corrected chi connectivity index (χ2v) is 6.24. The summed E-state index contributed by atoms with van der Waals surface area (Å²) in [4.78, 5) is 8.56. The van der Waals surface area contributed by atoms with Crippen molar-refractivity contribution in [2.24, 2.45) is 5.10 Å². The topological polar surface area (TPSA) is 68.0 Å². The van der Waals surface area contributed by atoms with E-state index in [1.54, 1.807) is 10.9 Å². The summed E-state index contributed by atoms with van der Waals surface area (Å²) >= 11 is 6.49. The highest BCUT2D eigenvalue weighted by Crippen LogP contribution is 2.22. The maximum absolute atomic E-state index is 6.49. The maximum Gasteiger partial charge on any atom is 0.243 e. The summed E-state index contributed by atoms with van der Waals surface area (Å²) in [6.07, 6.45) is 1.64. The molecule has 3 rings (SSSR count). The van der Waals surface area contributed by atoms with E-state index in [4.69, 9.17) is 11.6 Å². The average Bonchev–Trinajstić information content (AvgIpc) is 2.83. The SMILES string of the molecule is Cc1ccc(-n2nc(C)c(/C=N/Nc3nc(C)cc(C)n3)c2Cl)cc1. The molecule has 0 fully saturated rings. The number of hydrogen-bond donors (Lipinski definition) is 1. The lowest BCUT2D eigenvalue weighted by Crippen LogP contribution is -2.00. The van der Waals surface area contributed by atoms with Gasteiger partial charge in [0.25, 0.3) is 0 Å². The van der Waals surface area contributed by atoms with Crippen molar-refractivity contribution in [3.8, 4) is 5.69 Å². The van der Waals surface area contributed by atoms with Gasteiger partial charge in [0, 0.05) is 11.4 Å². The molecule has 7 heteroatoms.